The molecule has 1 atom stereocenters. The number of aromatic hydroxyl groups is 1. The van der Waals surface area contributed by atoms with Crippen molar-refractivity contribution in [1.82, 2.24) is 4.90 Å². The summed E-state index contributed by atoms with van der Waals surface area (Å²) < 4.78 is 0. The molecule has 1 amide bonds. The summed E-state index contributed by atoms with van der Waals surface area (Å²) in [6, 6.07) is 7.10. The van der Waals surface area contributed by atoms with Crippen LogP contribution in [0.15, 0.2) is 24.3 Å². The Hall–Kier alpha value is -1.55. The Morgan fingerprint density at radius 3 is 2.75 bits per heavy atom. The van der Waals surface area contributed by atoms with Crippen molar-refractivity contribution in [1.29, 1.82) is 0 Å². The highest BCUT2D eigenvalue weighted by molar-refractivity contribution is 5.79. The van der Waals surface area contributed by atoms with E-state index in [1.165, 1.54) is 0 Å². The van der Waals surface area contributed by atoms with Crippen LogP contribution in [0.2, 0.25) is 0 Å². The lowest BCUT2D eigenvalue weighted by Crippen LogP contribution is -2.28. The maximum Gasteiger partial charge on any atom is 0.225 e. The summed E-state index contributed by atoms with van der Waals surface area (Å²) in [7, 11) is 0. The molecule has 2 N–H and O–H groups in total. The van der Waals surface area contributed by atoms with Crippen molar-refractivity contribution in [3.63, 3.8) is 0 Å². The molecule has 0 aliphatic carbocycles. The number of carbonyl (C=O) groups excluding carboxylic acids is 1. The van der Waals surface area contributed by atoms with Crippen LogP contribution in [-0.4, -0.2) is 40.2 Å². The Kier molecular flexibility index (Phi) is 3.10. The number of hydrogen-bond donors (Lipinski definition) is 2. The summed E-state index contributed by atoms with van der Waals surface area (Å²) in [4.78, 5) is 13.0. The molecule has 16 heavy (non-hydrogen) atoms. The van der Waals surface area contributed by atoms with E-state index in [9.17, 15) is 15.0 Å². The van der Waals surface area contributed by atoms with Gasteiger partial charge in [0.1, 0.15) is 5.75 Å². The zero-order chi connectivity index (χ0) is 11.5. The monoisotopic (exact) mass is 221 g/mol. The van der Waals surface area contributed by atoms with Gasteiger partial charge in [-0.25, -0.2) is 0 Å². The lowest BCUT2D eigenvalue weighted by atomic mass is 10.1. The SMILES string of the molecule is O=C1CC(O)CN1CCc1ccccc1O. The maximum absolute atomic E-state index is 11.4. The lowest BCUT2D eigenvalue weighted by Gasteiger charge is -2.15. The minimum absolute atomic E-state index is 0.0112. The second-order valence-corrected chi connectivity index (χ2v) is 4.08. The number of likely N-dealkylation sites (tertiary alicyclic amines) is 1. The predicted octanol–water partition coefficient (Wildman–Crippen LogP) is 0.528. The number of β-amino-alcohol motifs (C(OH)–C–C–N with tert-alkyl or cyclic N) is 1. The summed E-state index contributed by atoms with van der Waals surface area (Å²) in [5.41, 5.74) is 0.830. The van der Waals surface area contributed by atoms with Gasteiger partial charge < -0.3 is 15.1 Å². The number of phenols is 1. The number of phenolic OH excluding ortho intramolecular Hbond substituents is 1. The van der Waals surface area contributed by atoms with Gasteiger partial charge in [0.15, 0.2) is 0 Å². The number of benzene rings is 1. The number of amides is 1. The molecule has 0 radical (unpaired) electrons. The van der Waals surface area contributed by atoms with E-state index in [1.54, 1.807) is 17.0 Å². The average molecular weight is 221 g/mol. The molecule has 0 spiro atoms. The fourth-order valence-corrected chi connectivity index (χ4v) is 1.95. The molecule has 86 valence electrons. The summed E-state index contributed by atoms with van der Waals surface area (Å²) in [5, 5.41) is 18.9. The zero-order valence-electron chi connectivity index (χ0n) is 8.97. The zero-order valence-corrected chi connectivity index (χ0v) is 8.97. The first-order chi connectivity index (χ1) is 7.66. The van der Waals surface area contributed by atoms with E-state index in [1.807, 2.05) is 12.1 Å². The van der Waals surface area contributed by atoms with E-state index in [0.717, 1.165) is 5.56 Å². The Balaban J connectivity index is 1.93. The highest BCUT2D eigenvalue weighted by Crippen LogP contribution is 2.18. The second-order valence-electron chi connectivity index (χ2n) is 4.08. The summed E-state index contributed by atoms with van der Waals surface area (Å²) in [6.45, 7) is 0.958. The lowest BCUT2D eigenvalue weighted by molar-refractivity contribution is -0.127. The third-order valence-electron chi connectivity index (χ3n) is 2.84. The highest BCUT2D eigenvalue weighted by Gasteiger charge is 2.27. The smallest absolute Gasteiger partial charge is 0.225 e. The van der Waals surface area contributed by atoms with Gasteiger partial charge >= 0.3 is 0 Å². The van der Waals surface area contributed by atoms with E-state index in [-0.39, 0.29) is 18.1 Å². The van der Waals surface area contributed by atoms with Crippen molar-refractivity contribution in [3.05, 3.63) is 29.8 Å². The molecule has 1 aromatic carbocycles. The molecule has 1 saturated heterocycles. The first-order valence-corrected chi connectivity index (χ1v) is 5.39. The van der Waals surface area contributed by atoms with E-state index < -0.39 is 6.10 Å². The van der Waals surface area contributed by atoms with Gasteiger partial charge in [-0.3, -0.25) is 4.79 Å². The van der Waals surface area contributed by atoms with Crippen LogP contribution in [0.1, 0.15) is 12.0 Å². The van der Waals surface area contributed by atoms with Crippen LogP contribution in [0.4, 0.5) is 0 Å². The summed E-state index contributed by atoms with van der Waals surface area (Å²) >= 11 is 0. The molecule has 0 bridgehead atoms. The normalized spacial score (nSPS) is 20.4. The van der Waals surface area contributed by atoms with Gasteiger partial charge in [-0.2, -0.15) is 0 Å². The van der Waals surface area contributed by atoms with Crippen molar-refractivity contribution in [2.75, 3.05) is 13.1 Å². The number of carbonyl (C=O) groups is 1. The second kappa shape index (κ2) is 4.53. The van der Waals surface area contributed by atoms with Crippen LogP contribution >= 0.6 is 0 Å². The Labute approximate surface area is 94.1 Å². The number of hydrogen-bond acceptors (Lipinski definition) is 3. The topological polar surface area (TPSA) is 60.8 Å². The van der Waals surface area contributed by atoms with Gasteiger partial charge in [0, 0.05) is 13.1 Å². The molecule has 2 rings (SSSR count). The molecule has 1 unspecified atom stereocenters. The van der Waals surface area contributed by atoms with Gasteiger partial charge in [0.2, 0.25) is 5.91 Å². The molecule has 4 heteroatoms. The van der Waals surface area contributed by atoms with Gasteiger partial charge in [-0.05, 0) is 18.1 Å². The molecule has 1 aliphatic heterocycles. The molecular formula is C12H15NO3. The fourth-order valence-electron chi connectivity index (χ4n) is 1.95. The molecule has 1 heterocycles. The predicted molar refractivity (Wildman–Crippen MR) is 59.0 cm³/mol. The number of para-hydroxylation sites is 1. The molecule has 0 aromatic heterocycles. The van der Waals surface area contributed by atoms with E-state index in [2.05, 4.69) is 0 Å². The molecule has 1 aromatic rings. The number of aliphatic hydroxyl groups excluding tert-OH is 1. The van der Waals surface area contributed by atoms with Crippen molar-refractivity contribution >= 4 is 5.91 Å². The molecule has 1 aliphatic rings. The van der Waals surface area contributed by atoms with Crippen LogP contribution in [0.25, 0.3) is 0 Å². The highest BCUT2D eigenvalue weighted by atomic mass is 16.3. The Morgan fingerprint density at radius 2 is 2.12 bits per heavy atom. The number of rotatable bonds is 3. The van der Waals surface area contributed by atoms with Crippen LogP contribution in [-0.2, 0) is 11.2 Å². The Morgan fingerprint density at radius 1 is 1.38 bits per heavy atom. The average Bonchev–Trinajstić information content (AvgIpc) is 2.56. The third-order valence-corrected chi connectivity index (χ3v) is 2.84. The molecule has 0 saturated carbocycles. The molecule has 4 nitrogen and oxygen atoms in total. The third kappa shape index (κ3) is 2.33. The van der Waals surface area contributed by atoms with Crippen molar-refractivity contribution in [3.8, 4) is 5.75 Å². The van der Waals surface area contributed by atoms with Crippen LogP contribution in [0, 0.1) is 0 Å². The van der Waals surface area contributed by atoms with Crippen LogP contribution in [0.3, 0.4) is 0 Å². The van der Waals surface area contributed by atoms with Crippen LogP contribution in [0.5, 0.6) is 5.75 Å². The minimum atomic E-state index is -0.531. The Bertz CT molecular complexity index is 392. The quantitative estimate of drug-likeness (QED) is 0.782. The van der Waals surface area contributed by atoms with E-state index in [4.69, 9.17) is 0 Å². The number of nitrogens with zero attached hydrogens (tertiary/aromatic N) is 1. The largest absolute Gasteiger partial charge is 0.508 e. The van der Waals surface area contributed by atoms with Crippen molar-refractivity contribution in [2.45, 2.75) is 18.9 Å². The summed E-state index contributed by atoms with van der Waals surface area (Å²) in [6.07, 6.45) is 0.309. The van der Waals surface area contributed by atoms with Crippen LogP contribution < -0.4 is 0 Å². The van der Waals surface area contributed by atoms with Gasteiger partial charge in [0.25, 0.3) is 0 Å². The maximum atomic E-state index is 11.4. The van der Waals surface area contributed by atoms with Crippen molar-refractivity contribution in [2.24, 2.45) is 0 Å². The van der Waals surface area contributed by atoms with Gasteiger partial charge in [-0.15, -0.1) is 0 Å². The fraction of sp³-hybridized carbons (Fsp3) is 0.417. The van der Waals surface area contributed by atoms with E-state index in [0.29, 0.717) is 19.5 Å². The first-order valence-electron chi connectivity index (χ1n) is 5.39. The van der Waals surface area contributed by atoms with E-state index >= 15 is 0 Å². The van der Waals surface area contributed by atoms with Gasteiger partial charge in [0.05, 0.1) is 12.5 Å². The minimum Gasteiger partial charge on any atom is -0.508 e. The molecule has 1 fully saturated rings. The standard InChI is InChI=1S/C12H15NO3/c14-10-7-12(16)13(8-10)6-5-9-3-1-2-4-11(9)15/h1-4,10,14-15H,5-8H2. The molecular weight excluding hydrogens is 206 g/mol. The first kappa shape index (κ1) is 11.0. The van der Waals surface area contributed by atoms with Gasteiger partial charge in [-0.1, -0.05) is 18.2 Å². The summed E-state index contributed by atoms with van der Waals surface area (Å²) in [5.74, 6) is 0.248. The number of aliphatic hydroxyl groups is 1. The van der Waals surface area contributed by atoms with Crippen molar-refractivity contribution < 1.29 is 15.0 Å².